The molecule has 2 heterocycles. The number of hydrogen-bond donors (Lipinski definition) is 8. The van der Waals surface area contributed by atoms with Crippen LogP contribution in [0, 0.1) is 5.92 Å². The number of pyridine rings is 1. The lowest BCUT2D eigenvalue weighted by molar-refractivity contribution is -0.128. The van der Waals surface area contributed by atoms with Crippen LogP contribution in [0.4, 0.5) is 25.9 Å². The van der Waals surface area contributed by atoms with Crippen molar-refractivity contribution in [2.45, 2.75) is 169 Å². The van der Waals surface area contributed by atoms with Crippen LogP contribution in [0.5, 0.6) is 0 Å². The van der Waals surface area contributed by atoms with E-state index >= 15 is 0 Å². The number of anilines is 2. The van der Waals surface area contributed by atoms with Crippen LogP contribution in [0.2, 0.25) is 0 Å². The van der Waals surface area contributed by atoms with Gasteiger partial charge in [0.05, 0.1) is 11.0 Å². The summed E-state index contributed by atoms with van der Waals surface area (Å²) < 4.78 is 7.86. The molecule has 3 aromatic carbocycles. The molecule has 9 N–H and O–H groups in total. The van der Waals surface area contributed by atoms with Crippen LogP contribution in [-0.4, -0.2) is 74.2 Å². The molecule has 0 aliphatic rings. The summed E-state index contributed by atoms with van der Waals surface area (Å²) in [6.45, 7) is 8.78. The molecule has 0 saturated carbocycles. The van der Waals surface area contributed by atoms with Crippen molar-refractivity contribution in [1.29, 1.82) is 0 Å². The number of aryl methyl sites for hydroxylation is 1. The summed E-state index contributed by atoms with van der Waals surface area (Å²) in [7, 11) is 0. The molecule has 18 heteroatoms. The molecule has 5 rings (SSSR count). The van der Waals surface area contributed by atoms with Crippen molar-refractivity contribution in [2.75, 3.05) is 17.2 Å². The van der Waals surface area contributed by atoms with Crippen molar-refractivity contribution < 1.29 is 38.6 Å². The molecule has 0 spiro atoms. The molecule has 74 heavy (non-hydrogen) atoms. The first-order valence-corrected chi connectivity index (χ1v) is 26.5. The third kappa shape index (κ3) is 19.0. The second-order valence-corrected chi connectivity index (χ2v) is 19.3. The highest BCUT2D eigenvalue weighted by Crippen LogP contribution is 2.32. The number of fused-ring (bicyclic) bond motifs is 3. The lowest BCUT2D eigenvalue weighted by Gasteiger charge is -2.24. The molecule has 2 aromatic heterocycles. The lowest BCUT2D eigenvalue weighted by atomic mass is 10.0. The number of urea groups is 1. The van der Waals surface area contributed by atoms with Crippen molar-refractivity contribution in [3.8, 4) is 0 Å². The van der Waals surface area contributed by atoms with Crippen molar-refractivity contribution in [2.24, 2.45) is 11.7 Å². The lowest BCUT2D eigenvalue weighted by Crippen LogP contribution is -2.54. The number of ether oxygens (including phenoxy) is 1. The van der Waals surface area contributed by atoms with Crippen LogP contribution in [0.15, 0.2) is 72.8 Å². The van der Waals surface area contributed by atoms with Gasteiger partial charge in [0.15, 0.2) is 5.82 Å². The number of aromatic nitrogens is 3. The normalized spacial score (nSPS) is 12.0. The number of primary amides is 1. The van der Waals surface area contributed by atoms with E-state index in [1.165, 1.54) is 57.8 Å². The quantitative estimate of drug-likeness (QED) is 0.0189. The molecule has 18 nitrogen and oxygen atoms in total. The number of rotatable bonds is 32. The van der Waals surface area contributed by atoms with E-state index in [1.54, 1.807) is 38.1 Å². The van der Waals surface area contributed by atoms with Gasteiger partial charge in [0, 0.05) is 43.5 Å². The number of nitrogens with one attached hydrogen (secondary N) is 6. The van der Waals surface area contributed by atoms with Gasteiger partial charge in [-0.1, -0.05) is 153 Å². The maximum absolute atomic E-state index is 13.5. The SMILES string of the molecule is CCCCCCCCCCCCCC(=O)NCc1ccc(Cn2c(CCCC)nc3c(NC(=O)OCc4ccc(NC(=O)[C@H](CCCNC(N)=O)NC(=O)[C@@H](NC(=O)O)C(C)C)cc4)nc4ccccc4c32)cc1. The average Bonchev–Trinajstić information content (AvgIpc) is 3.74. The Kier molecular flexibility index (Phi) is 23.9. The van der Waals surface area contributed by atoms with Gasteiger partial charge in [-0.2, -0.15) is 0 Å². The van der Waals surface area contributed by atoms with Gasteiger partial charge < -0.3 is 46.7 Å². The Morgan fingerprint density at radius 1 is 0.689 bits per heavy atom. The van der Waals surface area contributed by atoms with E-state index < -0.39 is 48.0 Å². The molecule has 7 amide bonds. The van der Waals surface area contributed by atoms with Gasteiger partial charge in [0.1, 0.15) is 30.0 Å². The average molecular weight is 1020 g/mol. The van der Waals surface area contributed by atoms with E-state index in [9.17, 15) is 33.9 Å². The number of unbranched alkanes of at least 4 members (excludes halogenated alkanes) is 11. The zero-order chi connectivity index (χ0) is 53.2. The highest BCUT2D eigenvalue weighted by molar-refractivity contribution is 6.09. The standard InChI is InChI=1S/C56H78N10O8/c1-5-7-9-10-11-12-13-14-15-16-17-25-47(67)59-35-39-26-28-40(29-27-39)36-66-46(24-8-6-2)63-49-50(66)43-21-18-19-22-44(43)61-51(49)65-56(73)74-37-41-30-32-42(33-31-41)60-52(68)45(23-20-34-58-54(57)70)62-53(69)48(38(3)4)64-55(71)72/h18-19,21-22,26-33,38,45,48,64H,5-17,20,23-25,34-37H2,1-4H3,(H,59,67)(H,60,68)(H,62,69)(H,71,72)(H3,57,58,70)(H,61,65,73)/t45-,48-/m0/s1. The van der Waals surface area contributed by atoms with Gasteiger partial charge in [0.25, 0.3) is 0 Å². The van der Waals surface area contributed by atoms with E-state index in [2.05, 4.69) is 74.6 Å². The number of nitrogens with zero attached hydrogens (tertiary/aromatic N) is 3. The van der Waals surface area contributed by atoms with Crippen LogP contribution in [0.1, 0.15) is 153 Å². The van der Waals surface area contributed by atoms with Gasteiger partial charge in [-0.15, -0.1) is 0 Å². The number of carbonyl (C=O) groups excluding carboxylic acids is 5. The van der Waals surface area contributed by atoms with Gasteiger partial charge in [-0.3, -0.25) is 19.7 Å². The summed E-state index contributed by atoms with van der Waals surface area (Å²) in [5.74, 6) is -0.426. The Morgan fingerprint density at radius 2 is 1.32 bits per heavy atom. The minimum Gasteiger partial charge on any atom is -0.465 e. The first-order chi connectivity index (χ1) is 35.8. The molecule has 0 fully saturated rings. The number of amides is 7. The molecule has 400 valence electrons. The molecular formula is C56H78N10O8. The molecular weight excluding hydrogens is 941 g/mol. The number of para-hydroxylation sites is 1. The van der Waals surface area contributed by atoms with Gasteiger partial charge in [0.2, 0.25) is 17.7 Å². The number of imidazole rings is 1. The van der Waals surface area contributed by atoms with Crippen molar-refractivity contribution in [3.05, 3.63) is 95.3 Å². The molecule has 5 aromatic rings. The highest BCUT2D eigenvalue weighted by atomic mass is 16.5. The Hall–Kier alpha value is -7.24. The Morgan fingerprint density at radius 3 is 1.97 bits per heavy atom. The molecule has 0 aliphatic heterocycles. The fourth-order valence-electron chi connectivity index (χ4n) is 8.76. The number of nitrogens with two attached hydrogens (primary N) is 1. The summed E-state index contributed by atoms with van der Waals surface area (Å²) in [6.07, 6.45) is 15.2. The fraction of sp³-hybridized carbons (Fsp3) is 0.500. The third-order valence-corrected chi connectivity index (χ3v) is 12.9. The topological polar surface area (TPSA) is 261 Å². The predicted octanol–water partition coefficient (Wildman–Crippen LogP) is 10.2. The Balaban J connectivity index is 1.19. The van der Waals surface area contributed by atoms with Gasteiger partial charge >= 0.3 is 18.2 Å². The summed E-state index contributed by atoms with van der Waals surface area (Å²) in [6, 6.07) is 19.7. The summed E-state index contributed by atoms with van der Waals surface area (Å²) in [4.78, 5) is 85.1. The first-order valence-electron chi connectivity index (χ1n) is 26.5. The Labute approximate surface area is 435 Å². The summed E-state index contributed by atoms with van der Waals surface area (Å²) in [5.41, 5.74) is 10.3. The largest absolute Gasteiger partial charge is 0.465 e. The molecule has 0 bridgehead atoms. The second kappa shape index (κ2) is 30.7. The molecule has 0 unspecified atom stereocenters. The fourth-order valence-corrected chi connectivity index (χ4v) is 8.76. The van der Waals surface area contributed by atoms with Crippen LogP contribution in [-0.2, 0) is 45.2 Å². The van der Waals surface area contributed by atoms with Crippen molar-refractivity contribution in [1.82, 2.24) is 35.8 Å². The number of carbonyl (C=O) groups is 6. The number of hydrogen-bond acceptors (Lipinski definition) is 9. The van der Waals surface area contributed by atoms with Crippen molar-refractivity contribution in [3.63, 3.8) is 0 Å². The molecule has 0 radical (unpaired) electrons. The van der Waals surface area contributed by atoms with E-state index in [1.807, 2.05) is 24.3 Å². The summed E-state index contributed by atoms with van der Waals surface area (Å²) in [5, 5.41) is 26.1. The van der Waals surface area contributed by atoms with Crippen LogP contribution in [0.3, 0.4) is 0 Å². The Bertz CT molecular complexity index is 2600. The van der Waals surface area contributed by atoms with Crippen LogP contribution in [0.25, 0.3) is 21.9 Å². The summed E-state index contributed by atoms with van der Waals surface area (Å²) >= 11 is 0. The molecule has 0 aliphatic carbocycles. The van der Waals surface area contributed by atoms with Crippen molar-refractivity contribution >= 4 is 69.4 Å². The first kappa shape index (κ1) is 57.7. The highest BCUT2D eigenvalue weighted by Gasteiger charge is 2.29. The predicted molar refractivity (Wildman–Crippen MR) is 290 cm³/mol. The van der Waals surface area contributed by atoms with E-state index in [0.29, 0.717) is 48.2 Å². The van der Waals surface area contributed by atoms with Crippen LogP contribution < -0.4 is 37.6 Å². The van der Waals surface area contributed by atoms with Gasteiger partial charge in [-0.25, -0.2) is 24.4 Å². The smallest absolute Gasteiger partial charge is 0.413 e. The van der Waals surface area contributed by atoms with Crippen LogP contribution >= 0.6 is 0 Å². The molecule has 0 saturated heterocycles. The monoisotopic (exact) mass is 1020 g/mol. The molecule has 2 atom stereocenters. The zero-order valence-electron chi connectivity index (χ0n) is 43.7. The number of benzene rings is 3. The minimum atomic E-state index is -1.38. The second-order valence-electron chi connectivity index (χ2n) is 19.3. The third-order valence-electron chi connectivity index (χ3n) is 12.9. The minimum absolute atomic E-state index is 0.0825. The van der Waals surface area contributed by atoms with E-state index in [-0.39, 0.29) is 31.3 Å². The maximum atomic E-state index is 13.5. The van der Waals surface area contributed by atoms with Gasteiger partial charge in [-0.05, 0) is 66.5 Å². The zero-order valence-corrected chi connectivity index (χ0v) is 43.7. The van der Waals surface area contributed by atoms with E-state index in [4.69, 9.17) is 20.4 Å². The maximum Gasteiger partial charge on any atom is 0.413 e. The number of carboxylic acid groups (broad SMARTS) is 1. The van der Waals surface area contributed by atoms with E-state index in [0.717, 1.165) is 60.0 Å².